The fraction of sp³-hybridized carbons (Fsp3) is 0.323. The van der Waals surface area contributed by atoms with Crippen molar-refractivity contribution in [2.75, 3.05) is 6.61 Å². The van der Waals surface area contributed by atoms with Gasteiger partial charge in [-0.3, -0.25) is 9.51 Å². The SMILES string of the molecule is O=c1[nH]c(-c2ccc3c(c2)nc(CC2CC=C(c4nc(OCc5ccc(Cl)cc5F)ncc4F)CC2)n3C[C@@H]2CCO2)no1. The smallest absolute Gasteiger partial charge is 0.439 e. The molecular formula is C31H27ClF2N6O4. The van der Waals surface area contributed by atoms with Crippen LogP contribution in [0.2, 0.25) is 5.02 Å². The van der Waals surface area contributed by atoms with Crippen LogP contribution in [0.25, 0.3) is 28.0 Å². The van der Waals surface area contributed by atoms with Gasteiger partial charge in [0, 0.05) is 29.2 Å². The second-order valence-electron chi connectivity index (χ2n) is 11.0. The number of imidazole rings is 1. The summed E-state index contributed by atoms with van der Waals surface area (Å²) in [6.45, 7) is 1.35. The van der Waals surface area contributed by atoms with Crippen LogP contribution in [0.3, 0.4) is 0 Å². The number of benzene rings is 2. The van der Waals surface area contributed by atoms with E-state index in [0.29, 0.717) is 29.9 Å². The Kier molecular flexibility index (Phi) is 7.69. The average Bonchev–Trinajstić information content (AvgIpc) is 3.58. The molecular weight excluding hydrogens is 594 g/mol. The van der Waals surface area contributed by atoms with Gasteiger partial charge < -0.3 is 14.0 Å². The Balaban J connectivity index is 1.08. The summed E-state index contributed by atoms with van der Waals surface area (Å²) in [6.07, 6.45) is 7.13. The molecule has 226 valence electrons. The number of H-pyrrole nitrogens is 1. The van der Waals surface area contributed by atoms with Crippen LogP contribution in [-0.4, -0.2) is 42.4 Å². The Labute approximate surface area is 254 Å². The van der Waals surface area contributed by atoms with Gasteiger partial charge in [0.15, 0.2) is 11.6 Å². The second kappa shape index (κ2) is 11.9. The molecule has 1 fully saturated rings. The molecule has 4 heterocycles. The predicted octanol–water partition coefficient (Wildman–Crippen LogP) is 5.90. The number of fused-ring (bicyclic) bond motifs is 1. The van der Waals surface area contributed by atoms with Gasteiger partial charge in [-0.15, -0.1) is 0 Å². The molecule has 13 heteroatoms. The van der Waals surface area contributed by atoms with E-state index >= 15 is 0 Å². The first kappa shape index (κ1) is 28.4. The van der Waals surface area contributed by atoms with E-state index in [1.807, 2.05) is 24.3 Å². The monoisotopic (exact) mass is 620 g/mol. The highest BCUT2D eigenvalue weighted by atomic mass is 35.5. The number of allylic oxidation sites excluding steroid dienone is 2. The summed E-state index contributed by atoms with van der Waals surface area (Å²) in [4.78, 5) is 27.2. The molecule has 1 saturated heterocycles. The molecule has 7 rings (SSSR count). The highest BCUT2D eigenvalue weighted by molar-refractivity contribution is 6.30. The van der Waals surface area contributed by atoms with Crippen LogP contribution in [0.4, 0.5) is 8.78 Å². The summed E-state index contributed by atoms with van der Waals surface area (Å²) in [6, 6.07) is 10.0. The molecule has 0 bridgehead atoms. The van der Waals surface area contributed by atoms with E-state index in [-0.39, 0.29) is 35.4 Å². The first-order valence-electron chi connectivity index (χ1n) is 14.4. The van der Waals surface area contributed by atoms with Crippen molar-refractivity contribution >= 4 is 28.2 Å². The molecule has 1 aliphatic heterocycles. The maximum Gasteiger partial charge on any atom is 0.439 e. The van der Waals surface area contributed by atoms with Crippen LogP contribution < -0.4 is 10.5 Å². The van der Waals surface area contributed by atoms with Crippen LogP contribution >= 0.6 is 11.6 Å². The maximum absolute atomic E-state index is 14.8. The van der Waals surface area contributed by atoms with Crippen molar-refractivity contribution in [1.29, 1.82) is 0 Å². The topological polar surface area (TPSA) is 121 Å². The highest BCUT2D eigenvalue weighted by Gasteiger charge is 2.25. The third-order valence-corrected chi connectivity index (χ3v) is 8.34. The average molecular weight is 621 g/mol. The molecule has 2 aromatic carbocycles. The first-order chi connectivity index (χ1) is 21.4. The van der Waals surface area contributed by atoms with Crippen LogP contribution in [0.15, 0.2) is 58.0 Å². The van der Waals surface area contributed by atoms with Gasteiger partial charge in [-0.05, 0) is 67.5 Å². The third-order valence-electron chi connectivity index (χ3n) is 8.11. The summed E-state index contributed by atoms with van der Waals surface area (Å²) in [5, 5.41) is 4.08. The van der Waals surface area contributed by atoms with Gasteiger partial charge in [-0.25, -0.2) is 23.5 Å². The number of nitrogens with zero attached hydrogens (tertiary/aromatic N) is 5. The summed E-state index contributed by atoms with van der Waals surface area (Å²) < 4.78 is 47.1. The minimum absolute atomic E-state index is 0.0280. The van der Waals surface area contributed by atoms with Crippen molar-refractivity contribution in [3.63, 3.8) is 0 Å². The van der Waals surface area contributed by atoms with Gasteiger partial charge in [0.25, 0.3) is 0 Å². The minimum atomic E-state index is -0.614. The molecule has 0 saturated carbocycles. The van der Waals surface area contributed by atoms with Gasteiger partial charge >= 0.3 is 11.8 Å². The lowest BCUT2D eigenvalue weighted by Crippen LogP contribution is -2.32. The second-order valence-corrected chi connectivity index (χ2v) is 11.5. The summed E-state index contributed by atoms with van der Waals surface area (Å²) >= 11 is 5.82. The van der Waals surface area contributed by atoms with Crippen molar-refractivity contribution < 1.29 is 22.8 Å². The number of aromatic nitrogens is 6. The van der Waals surface area contributed by atoms with Crippen molar-refractivity contribution in [3.8, 4) is 17.4 Å². The van der Waals surface area contributed by atoms with Crippen molar-refractivity contribution in [3.05, 3.63) is 93.0 Å². The molecule has 1 N–H and O–H groups in total. The Hall–Kier alpha value is -4.42. The lowest BCUT2D eigenvalue weighted by Gasteiger charge is -2.28. The number of halogens is 3. The predicted molar refractivity (Wildman–Crippen MR) is 157 cm³/mol. The van der Waals surface area contributed by atoms with E-state index in [1.54, 1.807) is 6.07 Å². The Morgan fingerprint density at radius 3 is 2.73 bits per heavy atom. The standard InChI is InChI=1S/C31H27ClF2N6O4/c32-21-7-5-20(23(33)13-21)16-43-30-35-14-24(34)28(37-30)18-3-1-17(2-4-18)11-27-36-25-12-19(29-38-31(41)44-39-29)6-8-26(25)40(27)15-22-9-10-42-22/h3,5-8,12-14,17,22H,1-2,4,9-11,15-16H2,(H,38,39,41)/t17?,22-/m0/s1. The van der Waals surface area contributed by atoms with Gasteiger partial charge in [0.2, 0.25) is 0 Å². The molecule has 0 amide bonds. The summed E-state index contributed by atoms with van der Waals surface area (Å²) in [7, 11) is 0. The summed E-state index contributed by atoms with van der Waals surface area (Å²) in [5.41, 5.74) is 3.75. The molecule has 3 aromatic heterocycles. The van der Waals surface area contributed by atoms with Crippen LogP contribution in [0.1, 0.15) is 42.8 Å². The highest BCUT2D eigenvalue weighted by Crippen LogP contribution is 2.34. The molecule has 2 aliphatic rings. The number of hydrogen-bond acceptors (Lipinski definition) is 8. The Morgan fingerprint density at radius 1 is 1.11 bits per heavy atom. The van der Waals surface area contributed by atoms with E-state index in [9.17, 15) is 13.6 Å². The van der Waals surface area contributed by atoms with E-state index in [4.69, 9.17) is 26.1 Å². The van der Waals surface area contributed by atoms with E-state index in [2.05, 4.69) is 29.2 Å². The van der Waals surface area contributed by atoms with E-state index in [0.717, 1.165) is 60.9 Å². The molecule has 1 unspecified atom stereocenters. The largest absolute Gasteiger partial charge is 0.458 e. The fourth-order valence-electron chi connectivity index (χ4n) is 5.65. The number of nitrogens with one attached hydrogen (secondary N) is 1. The van der Waals surface area contributed by atoms with Gasteiger partial charge in [0.1, 0.15) is 23.9 Å². The Bertz CT molecular complexity index is 1930. The maximum atomic E-state index is 14.8. The van der Waals surface area contributed by atoms with Crippen LogP contribution in [-0.2, 0) is 24.3 Å². The third kappa shape index (κ3) is 5.87. The van der Waals surface area contributed by atoms with Crippen LogP contribution in [0.5, 0.6) is 6.01 Å². The quantitative estimate of drug-likeness (QED) is 0.216. The van der Waals surface area contributed by atoms with E-state index in [1.165, 1.54) is 12.1 Å². The zero-order valence-corrected chi connectivity index (χ0v) is 24.2. The normalized spacial score (nSPS) is 18.3. The first-order valence-corrected chi connectivity index (χ1v) is 14.7. The van der Waals surface area contributed by atoms with Gasteiger partial charge in [-0.1, -0.05) is 28.9 Å². The number of hydrogen-bond donors (Lipinski definition) is 1. The number of ether oxygens (including phenoxy) is 2. The van der Waals surface area contributed by atoms with Crippen LogP contribution in [0, 0.1) is 17.6 Å². The molecule has 44 heavy (non-hydrogen) atoms. The lowest BCUT2D eigenvalue weighted by atomic mass is 9.86. The number of aromatic amines is 1. The zero-order chi connectivity index (χ0) is 30.2. The molecule has 0 radical (unpaired) electrons. The molecule has 2 atom stereocenters. The molecule has 0 spiro atoms. The van der Waals surface area contributed by atoms with Gasteiger partial charge in [-0.2, -0.15) is 4.98 Å². The van der Waals surface area contributed by atoms with E-state index < -0.39 is 17.4 Å². The van der Waals surface area contributed by atoms with Crippen molar-refractivity contribution in [1.82, 2.24) is 29.7 Å². The zero-order valence-electron chi connectivity index (χ0n) is 23.4. The minimum Gasteiger partial charge on any atom is -0.458 e. The summed E-state index contributed by atoms with van der Waals surface area (Å²) in [5.74, 6) is -0.0642. The van der Waals surface area contributed by atoms with Gasteiger partial charge in [0.05, 0.1) is 29.9 Å². The van der Waals surface area contributed by atoms with Crippen molar-refractivity contribution in [2.45, 2.75) is 51.4 Å². The Morgan fingerprint density at radius 2 is 2.00 bits per heavy atom. The van der Waals surface area contributed by atoms with Crippen molar-refractivity contribution in [2.24, 2.45) is 5.92 Å². The fourth-order valence-corrected chi connectivity index (χ4v) is 5.81. The molecule has 5 aromatic rings. The number of rotatable bonds is 9. The molecule has 1 aliphatic carbocycles. The molecule has 10 nitrogen and oxygen atoms in total. The lowest BCUT2D eigenvalue weighted by molar-refractivity contribution is -0.0590.